The molecule has 2 aromatic carbocycles. The molecule has 1 amide bonds. The van der Waals surface area contributed by atoms with Crippen molar-refractivity contribution in [3.05, 3.63) is 63.7 Å². The summed E-state index contributed by atoms with van der Waals surface area (Å²) in [5, 5.41) is 9.80. The van der Waals surface area contributed by atoms with E-state index < -0.39 is 29.0 Å². The number of anilines is 1. The molecule has 254 valence electrons. The van der Waals surface area contributed by atoms with Crippen molar-refractivity contribution in [1.29, 1.82) is 0 Å². The summed E-state index contributed by atoms with van der Waals surface area (Å²) in [6, 6.07) is 13.8. The van der Waals surface area contributed by atoms with Crippen LogP contribution in [-0.4, -0.2) is 101 Å². The first kappa shape index (κ1) is 35.1. The van der Waals surface area contributed by atoms with Gasteiger partial charge in [-0.25, -0.2) is 4.79 Å². The lowest BCUT2D eigenvalue weighted by Crippen LogP contribution is -2.55. The van der Waals surface area contributed by atoms with Crippen LogP contribution in [0, 0.1) is 10.1 Å². The second-order valence-electron chi connectivity index (χ2n) is 12.3. The predicted molar refractivity (Wildman–Crippen MR) is 170 cm³/mol. The first-order chi connectivity index (χ1) is 22.1. The number of ether oxygens (including phenoxy) is 6. The van der Waals surface area contributed by atoms with E-state index in [-0.39, 0.29) is 32.2 Å². The third kappa shape index (κ3) is 10.1. The summed E-state index contributed by atoms with van der Waals surface area (Å²) in [6.07, 6.45) is -0.189. The maximum atomic E-state index is 13.3. The Balaban J connectivity index is 1.58. The highest BCUT2D eigenvalue weighted by Gasteiger charge is 2.42. The molecule has 3 atom stereocenters. The van der Waals surface area contributed by atoms with Crippen molar-refractivity contribution in [2.24, 2.45) is 0 Å². The van der Waals surface area contributed by atoms with E-state index in [9.17, 15) is 14.9 Å². The summed E-state index contributed by atoms with van der Waals surface area (Å²) < 4.78 is 35.3. The van der Waals surface area contributed by atoms with Crippen LogP contribution in [0.1, 0.15) is 50.7 Å². The zero-order chi connectivity index (χ0) is 33.1. The Bertz CT molecular complexity index is 1270. The van der Waals surface area contributed by atoms with Crippen LogP contribution >= 0.6 is 0 Å². The number of amides is 1. The van der Waals surface area contributed by atoms with E-state index in [1.54, 1.807) is 19.1 Å². The van der Waals surface area contributed by atoms with Gasteiger partial charge in [0.2, 0.25) is 0 Å². The maximum absolute atomic E-state index is 13.3. The van der Waals surface area contributed by atoms with E-state index >= 15 is 0 Å². The van der Waals surface area contributed by atoms with Crippen molar-refractivity contribution >= 4 is 11.8 Å². The summed E-state index contributed by atoms with van der Waals surface area (Å²) in [5.74, 6) is 1.30. The zero-order valence-electron chi connectivity index (χ0n) is 27.5. The summed E-state index contributed by atoms with van der Waals surface area (Å²) >= 11 is 0. The van der Waals surface area contributed by atoms with Crippen molar-refractivity contribution in [1.82, 2.24) is 4.90 Å². The van der Waals surface area contributed by atoms with Crippen LogP contribution in [0.5, 0.6) is 11.5 Å². The van der Waals surface area contributed by atoms with E-state index in [1.807, 2.05) is 57.2 Å². The van der Waals surface area contributed by atoms with Gasteiger partial charge in [-0.3, -0.25) is 0 Å². The predicted octanol–water partition coefficient (Wildman–Crippen LogP) is 4.83. The Morgan fingerprint density at radius 1 is 1.00 bits per heavy atom. The number of hydrogen-bond acceptors (Lipinski definition) is 11. The van der Waals surface area contributed by atoms with Gasteiger partial charge in [-0.05, 0) is 69.0 Å². The van der Waals surface area contributed by atoms with Gasteiger partial charge in [-0.2, -0.15) is 0 Å². The summed E-state index contributed by atoms with van der Waals surface area (Å²) in [6.45, 7) is 9.37. The van der Waals surface area contributed by atoms with Gasteiger partial charge in [0.25, 0.3) is 5.09 Å². The van der Waals surface area contributed by atoms with Crippen molar-refractivity contribution in [2.45, 2.75) is 63.9 Å². The average molecular weight is 646 g/mol. The van der Waals surface area contributed by atoms with Crippen LogP contribution in [0.2, 0.25) is 0 Å². The highest BCUT2D eigenvalue weighted by Crippen LogP contribution is 2.36. The minimum Gasteiger partial charge on any atom is -0.497 e. The van der Waals surface area contributed by atoms with Gasteiger partial charge in [-0.1, -0.05) is 18.2 Å². The van der Waals surface area contributed by atoms with Crippen molar-refractivity contribution in [2.75, 3.05) is 71.7 Å². The van der Waals surface area contributed by atoms with Gasteiger partial charge in [-0.15, -0.1) is 10.1 Å². The molecule has 2 heterocycles. The zero-order valence-corrected chi connectivity index (χ0v) is 27.5. The number of benzene rings is 2. The Kier molecular flexibility index (Phi) is 12.7. The monoisotopic (exact) mass is 645 g/mol. The van der Waals surface area contributed by atoms with Gasteiger partial charge < -0.3 is 43.1 Å². The van der Waals surface area contributed by atoms with Crippen LogP contribution in [0.25, 0.3) is 0 Å². The molecule has 0 unspecified atom stereocenters. The second-order valence-corrected chi connectivity index (χ2v) is 12.3. The fourth-order valence-electron chi connectivity index (χ4n) is 5.70. The number of piperidine rings is 1. The van der Waals surface area contributed by atoms with Gasteiger partial charge in [0, 0.05) is 32.8 Å². The molecule has 1 saturated heterocycles. The summed E-state index contributed by atoms with van der Waals surface area (Å²) in [7, 11) is 3.32. The molecule has 46 heavy (non-hydrogen) atoms. The number of rotatable bonds is 15. The standard InChI is InChI=1S/C33H47N3O10/c1-33(2,3)46-32(37)35-21-29(42-17-7-18-45-36(38)39)31(25-9-11-26(41-5)12-10-25)30(22-35)44-23-24-8-13-28-27(20-24)34(15-19-43-28)14-6-16-40-4/h8-13,20,29-31H,6-7,14-19,21-23H2,1-5H3/t29-,30+,31+/m1/s1. The van der Waals surface area contributed by atoms with Crippen molar-refractivity contribution < 1.29 is 43.1 Å². The summed E-state index contributed by atoms with van der Waals surface area (Å²) in [5.41, 5.74) is 2.27. The van der Waals surface area contributed by atoms with Gasteiger partial charge >= 0.3 is 6.09 Å². The van der Waals surface area contributed by atoms with Gasteiger partial charge in [0.15, 0.2) is 0 Å². The minimum atomic E-state index is -0.819. The number of carbonyl (C=O) groups excluding carboxylic acids is 1. The van der Waals surface area contributed by atoms with Crippen LogP contribution in [0.4, 0.5) is 10.5 Å². The highest BCUT2D eigenvalue weighted by molar-refractivity contribution is 5.68. The summed E-state index contributed by atoms with van der Waals surface area (Å²) in [4.78, 5) is 32.3. The molecule has 13 heteroatoms. The van der Waals surface area contributed by atoms with Crippen molar-refractivity contribution in [3.63, 3.8) is 0 Å². The minimum absolute atomic E-state index is 0.0901. The molecule has 2 aliphatic rings. The average Bonchev–Trinajstić information content (AvgIpc) is 3.02. The van der Waals surface area contributed by atoms with Crippen LogP contribution < -0.4 is 14.4 Å². The van der Waals surface area contributed by atoms with Gasteiger partial charge in [0.05, 0.1) is 57.9 Å². The molecule has 13 nitrogen and oxygen atoms in total. The van der Waals surface area contributed by atoms with Crippen LogP contribution in [0.3, 0.4) is 0 Å². The lowest BCUT2D eigenvalue weighted by Gasteiger charge is -2.43. The van der Waals surface area contributed by atoms with E-state index in [0.29, 0.717) is 32.0 Å². The fourth-order valence-corrected chi connectivity index (χ4v) is 5.70. The normalized spacial score (nSPS) is 19.6. The molecule has 0 radical (unpaired) electrons. The van der Waals surface area contributed by atoms with E-state index in [0.717, 1.165) is 42.1 Å². The van der Waals surface area contributed by atoms with Crippen molar-refractivity contribution in [3.8, 4) is 11.5 Å². The molecule has 2 aliphatic heterocycles. The number of methoxy groups -OCH3 is 2. The lowest BCUT2D eigenvalue weighted by molar-refractivity contribution is -0.757. The molecular formula is C33H47N3O10. The smallest absolute Gasteiger partial charge is 0.410 e. The second kappa shape index (κ2) is 16.7. The topological polar surface area (TPSA) is 131 Å². The Morgan fingerprint density at radius 3 is 2.41 bits per heavy atom. The van der Waals surface area contributed by atoms with Crippen LogP contribution in [0.15, 0.2) is 42.5 Å². The number of nitrogens with zero attached hydrogens (tertiary/aromatic N) is 3. The molecule has 0 spiro atoms. The molecule has 0 N–H and O–H groups in total. The van der Waals surface area contributed by atoms with E-state index in [2.05, 4.69) is 15.8 Å². The number of hydrogen-bond donors (Lipinski definition) is 0. The maximum Gasteiger partial charge on any atom is 0.410 e. The van der Waals surface area contributed by atoms with Gasteiger partial charge in [0.1, 0.15) is 23.7 Å². The third-order valence-electron chi connectivity index (χ3n) is 7.79. The quantitative estimate of drug-likeness (QED) is 0.150. The molecular weight excluding hydrogens is 598 g/mol. The van der Waals surface area contributed by atoms with E-state index in [4.69, 9.17) is 28.4 Å². The Morgan fingerprint density at radius 2 is 1.74 bits per heavy atom. The first-order valence-corrected chi connectivity index (χ1v) is 15.7. The number of likely N-dealkylation sites (tertiary alicyclic amines) is 1. The highest BCUT2D eigenvalue weighted by atomic mass is 16.9. The number of carbonyl (C=O) groups is 1. The molecule has 2 aromatic rings. The fraction of sp³-hybridized carbons (Fsp3) is 0.606. The molecule has 0 aromatic heterocycles. The third-order valence-corrected chi connectivity index (χ3v) is 7.79. The van der Waals surface area contributed by atoms with E-state index in [1.165, 1.54) is 0 Å². The molecule has 0 saturated carbocycles. The molecule has 0 aliphatic carbocycles. The largest absolute Gasteiger partial charge is 0.497 e. The molecule has 0 bridgehead atoms. The lowest BCUT2D eigenvalue weighted by atomic mass is 9.84. The first-order valence-electron chi connectivity index (χ1n) is 15.7. The SMILES string of the molecule is COCCCN1CCOc2ccc(CO[C@H]3CN(C(=O)OC(C)(C)C)C[C@@H](OCCCO[N+](=O)[O-])[C@@H]3c3ccc(OC)cc3)cc21. The Labute approximate surface area is 270 Å². The molecule has 1 fully saturated rings. The number of fused-ring (bicyclic) bond motifs is 1. The molecule has 4 rings (SSSR count). The Hall–Kier alpha value is -3.81. The van der Waals surface area contributed by atoms with Crippen LogP contribution in [-0.2, 0) is 30.4 Å².